The Morgan fingerprint density at radius 3 is 2.50 bits per heavy atom. The molecule has 0 saturated heterocycles. The fourth-order valence-electron chi connectivity index (χ4n) is 1.98. The molecule has 0 aliphatic rings. The zero-order valence-electron chi connectivity index (χ0n) is 14.0. The molecule has 2 rings (SSSR count). The van der Waals surface area contributed by atoms with Crippen LogP contribution in [0.2, 0.25) is 0 Å². The Morgan fingerprint density at radius 1 is 1.12 bits per heavy atom. The van der Waals surface area contributed by atoms with E-state index in [-0.39, 0.29) is 17.6 Å². The first kappa shape index (κ1) is 19.9. The summed E-state index contributed by atoms with van der Waals surface area (Å²) in [5, 5.41) is 2.45. The lowest BCUT2D eigenvalue weighted by atomic mass is 10.2. The fourth-order valence-corrected chi connectivity index (χ4v) is 2.67. The SMILES string of the molecule is CCc1ccc(OCC(=O)NNC(=S)NC(=O)c2ccccc2)c(Br)c1. The first-order valence-corrected chi connectivity index (χ1v) is 9.06. The highest BCUT2D eigenvalue weighted by Gasteiger charge is 2.09. The Morgan fingerprint density at radius 2 is 1.85 bits per heavy atom. The van der Waals surface area contributed by atoms with Gasteiger partial charge in [0.15, 0.2) is 11.7 Å². The third-order valence-electron chi connectivity index (χ3n) is 3.34. The molecule has 8 heteroatoms. The molecule has 0 aliphatic carbocycles. The Kier molecular flexibility index (Phi) is 7.55. The van der Waals surface area contributed by atoms with Crippen molar-refractivity contribution in [2.45, 2.75) is 13.3 Å². The van der Waals surface area contributed by atoms with Gasteiger partial charge in [0, 0.05) is 5.56 Å². The minimum Gasteiger partial charge on any atom is -0.483 e. The van der Waals surface area contributed by atoms with E-state index in [9.17, 15) is 9.59 Å². The second-order valence-corrected chi connectivity index (χ2v) is 6.49. The lowest BCUT2D eigenvalue weighted by Gasteiger charge is -2.12. The lowest BCUT2D eigenvalue weighted by molar-refractivity contribution is -0.123. The standard InChI is InChI=1S/C18H18BrN3O3S/c1-2-12-8-9-15(14(19)10-12)25-11-16(23)21-22-18(26)20-17(24)13-6-4-3-5-7-13/h3-10H,2,11H2,1H3,(H,21,23)(H2,20,22,24,26). The molecule has 0 aliphatic heterocycles. The van der Waals surface area contributed by atoms with Crippen molar-refractivity contribution < 1.29 is 14.3 Å². The first-order valence-electron chi connectivity index (χ1n) is 7.86. The zero-order valence-corrected chi connectivity index (χ0v) is 16.4. The monoisotopic (exact) mass is 435 g/mol. The maximum Gasteiger partial charge on any atom is 0.276 e. The number of hydrazine groups is 1. The van der Waals surface area contributed by atoms with Crippen LogP contribution in [0.25, 0.3) is 0 Å². The van der Waals surface area contributed by atoms with E-state index in [1.165, 1.54) is 0 Å². The number of aryl methyl sites for hydroxylation is 1. The van der Waals surface area contributed by atoms with Gasteiger partial charge < -0.3 is 4.74 Å². The van der Waals surface area contributed by atoms with E-state index in [0.29, 0.717) is 11.3 Å². The van der Waals surface area contributed by atoms with Crippen molar-refractivity contribution in [1.29, 1.82) is 0 Å². The van der Waals surface area contributed by atoms with Crippen LogP contribution in [0.5, 0.6) is 5.75 Å². The summed E-state index contributed by atoms with van der Waals surface area (Å²) in [6.07, 6.45) is 0.912. The molecule has 0 saturated carbocycles. The number of benzene rings is 2. The molecule has 0 spiro atoms. The van der Waals surface area contributed by atoms with Crippen LogP contribution >= 0.6 is 28.1 Å². The Bertz CT molecular complexity index is 800. The minimum atomic E-state index is -0.437. The fraction of sp³-hybridized carbons (Fsp3) is 0.167. The summed E-state index contributed by atoms with van der Waals surface area (Å²) in [5.74, 6) is -0.237. The summed E-state index contributed by atoms with van der Waals surface area (Å²) in [5.41, 5.74) is 6.45. The molecule has 0 unspecified atom stereocenters. The van der Waals surface area contributed by atoms with Gasteiger partial charge >= 0.3 is 0 Å². The van der Waals surface area contributed by atoms with Gasteiger partial charge in [-0.2, -0.15) is 0 Å². The molecule has 0 fully saturated rings. The van der Waals surface area contributed by atoms with E-state index in [2.05, 4.69) is 39.0 Å². The average Bonchev–Trinajstić information content (AvgIpc) is 2.66. The molecule has 136 valence electrons. The number of hydrogen-bond donors (Lipinski definition) is 3. The molecule has 0 bridgehead atoms. The van der Waals surface area contributed by atoms with E-state index < -0.39 is 5.91 Å². The summed E-state index contributed by atoms with van der Waals surface area (Å²) in [6, 6.07) is 14.3. The van der Waals surface area contributed by atoms with Gasteiger partial charge in [0.2, 0.25) is 0 Å². The number of carbonyl (C=O) groups excluding carboxylic acids is 2. The Balaban J connectivity index is 1.74. The third kappa shape index (κ3) is 6.12. The van der Waals surface area contributed by atoms with E-state index in [4.69, 9.17) is 17.0 Å². The normalized spacial score (nSPS) is 9.92. The summed E-state index contributed by atoms with van der Waals surface area (Å²) >= 11 is 8.38. The molecule has 26 heavy (non-hydrogen) atoms. The summed E-state index contributed by atoms with van der Waals surface area (Å²) < 4.78 is 6.23. The molecule has 2 amide bonds. The summed E-state index contributed by atoms with van der Waals surface area (Å²) in [6.45, 7) is 1.85. The van der Waals surface area contributed by atoms with Crippen LogP contribution in [0.1, 0.15) is 22.8 Å². The highest BCUT2D eigenvalue weighted by atomic mass is 79.9. The Hall–Kier alpha value is -2.45. The number of amides is 2. The van der Waals surface area contributed by atoms with E-state index in [0.717, 1.165) is 16.5 Å². The summed E-state index contributed by atoms with van der Waals surface area (Å²) in [7, 11) is 0. The molecule has 0 aromatic heterocycles. The van der Waals surface area contributed by atoms with Gasteiger partial charge in [0.05, 0.1) is 4.47 Å². The topological polar surface area (TPSA) is 79.5 Å². The van der Waals surface area contributed by atoms with Crippen LogP contribution < -0.4 is 20.9 Å². The van der Waals surface area contributed by atoms with Crippen LogP contribution in [-0.2, 0) is 11.2 Å². The van der Waals surface area contributed by atoms with E-state index in [1.54, 1.807) is 30.3 Å². The van der Waals surface area contributed by atoms with Crippen molar-refractivity contribution in [2.24, 2.45) is 0 Å². The Labute approximate surface area is 165 Å². The van der Waals surface area contributed by atoms with Crippen molar-refractivity contribution in [1.82, 2.24) is 16.2 Å². The maximum absolute atomic E-state index is 11.9. The van der Waals surface area contributed by atoms with E-state index in [1.807, 2.05) is 18.2 Å². The van der Waals surface area contributed by atoms with Crippen molar-refractivity contribution in [3.8, 4) is 5.75 Å². The van der Waals surface area contributed by atoms with Gasteiger partial charge in [0.1, 0.15) is 5.75 Å². The number of nitrogens with one attached hydrogen (secondary N) is 3. The van der Waals surface area contributed by atoms with Gasteiger partial charge in [0.25, 0.3) is 11.8 Å². The molecule has 6 nitrogen and oxygen atoms in total. The molecule has 2 aromatic carbocycles. The van der Waals surface area contributed by atoms with E-state index >= 15 is 0 Å². The smallest absolute Gasteiger partial charge is 0.276 e. The van der Waals surface area contributed by atoms with Crippen molar-refractivity contribution in [3.05, 3.63) is 64.1 Å². The van der Waals surface area contributed by atoms with Crippen molar-refractivity contribution in [2.75, 3.05) is 6.61 Å². The second-order valence-electron chi connectivity index (χ2n) is 5.23. The summed E-state index contributed by atoms with van der Waals surface area (Å²) in [4.78, 5) is 23.7. The highest BCUT2D eigenvalue weighted by molar-refractivity contribution is 9.10. The number of hydrogen-bond acceptors (Lipinski definition) is 4. The average molecular weight is 436 g/mol. The number of ether oxygens (including phenoxy) is 1. The van der Waals surface area contributed by atoms with Crippen LogP contribution in [0.4, 0.5) is 0 Å². The molecular formula is C18H18BrN3O3S. The number of halogens is 1. The van der Waals surface area contributed by atoms with Crippen LogP contribution in [-0.4, -0.2) is 23.5 Å². The molecule has 0 radical (unpaired) electrons. The predicted molar refractivity (Wildman–Crippen MR) is 107 cm³/mol. The van der Waals surface area contributed by atoms with Crippen molar-refractivity contribution in [3.63, 3.8) is 0 Å². The molecular weight excluding hydrogens is 418 g/mol. The zero-order chi connectivity index (χ0) is 18.9. The molecule has 3 N–H and O–H groups in total. The number of carbonyl (C=O) groups is 2. The van der Waals surface area contributed by atoms with Crippen molar-refractivity contribution >= 4 is 45.1 Å². The second kappa shape index (κ2) is 9.88. The maximum atomic E-state index is 11.9. The van der Waals surface area contributed by atoms with Crippen LogP contribution in [0.3, 0.4) is 0 Å². The van der Waals surface area contributed by atoms with Gasteiger partial charge in [-0.1, -0.05) is 31.2 Å². The molecule has 0 heterocycles. The predicted octanol–water partition coefficient (Wildman–Crippen LogP) is 2.73. The van der Waals surface area contributed by atoms with Gasteiger partial charge in [-0.15, -0.1) is 0 Å². The van der Waals surface area contributed by atoms with Crippen LogP contribution in [0, 0.1) is 0 Å². The molecule has 2 aromatic rings. The quantitative estimate of drug-likeness (QED) is 0.496. The lowest BCUT2D eigenvalue weighted by Crippen LogP contribution is -2.49. The number of thiocarbonyl (C=S) groups is 1. The number of rotatable bonds is 5. The molecule has 0 atom stereocenters. The van der Waals surface area contributed by atoms with Gasteiger partial charge in [-0.05, 0) is 64.4 Å². The minimum absolute atomic E-state index is 0.0133. The van der Waals surface area contributed by atoms with Gasteiger partial charge in [-0.3, -0.25) is 25.8 Å². The van der Waals surface area contributed by atoms with Crippen LogP contribution in [0.15, 0.2) is 53.0 Å². The third-order valence-corrected chi connectivity index (χ3v) is 4.17. The first-order chi connectivity index (χ1) is 12.5. The van der Waals surface area contributed by atoms with Gasteiger partial charge in [-0.25, -0.2) is 0 Å². The highest BCUT2D eigenvalue weighted by Crippen LogP contribution is 2.26. The largest absolute Gasteiger partial charge is 0.483 e.